The van der Waals surface area contributed by atoms with E-state index in [0.29, 0.717) is 6.04 Å². The second-order valence-electron chi connectivity index (χ2n) is 5.70. The lowest BCUT2D eigenvalue weighted by Gasteiger charge is -2.42. The first-order chi connectivity index (χ1) is 8.72. The molecule has 0 unspecified atom stereocenters. The average molecular weight is 248 g/mol. The minimum atomic E-state index is -0.125. The van der Waals surface area contributed by atoms with Crippen molar-refractivity contribution in [3.63, 3.8) is 0 Å². The van der Waals surface area contributed by atoms with Gasteiger partial charge in [-0.2, -0.15) is 0 Å². The molecule has 98 valence electrons. The molecule has 0 aliphatic carbocycles. The van der Waals surface area contributed by atoms with Gasteiger partial charge in [0.05, 0.1) is 0 Å². The molecule has 2 aliphatic heterocycles. The van der Waals surface area contributed by atoms with Gasteiger partial charge >= 0.3 is 0 Å². The smallest absolute Gasteiger partial charge is 0.123 e. The number of halogens is 1. The fourth-order valence-corrected chi connectivity index (χ4v) is 3.34. The first-order valence-electron chi connectivity index (χ1n) is 6.95. The van der Waals surface area contributed by atoms with E-state index < -0.39 is 0 Å². The summed E-state index contributed by atoms with van der Waals surface area (Å²) in [5.74, 6) is -0.125. The predicted octanol–water partition coefficient (Wildman–Crippen LogP) is 2.49. The molecule has 0 aromatic heterocycles. The molecular weight excluding hydrogens is 227 g/mol. The second-order valence-corrected chi connectivity index (χ2v) is 5.70. The minimum absolute atomic E-state index is 0.125. The van der Waals surface area contributed by atoms with Crippen LogP contribution in [0.25, 0.3) is 0 Å². The first-order valence-corrected chi connectivity index (χ1v) is 6.95. The van der Waals surface area contributed by atoms with Crippen molar-refractivity contribution in [2.45, 2.75) is 38.4 Å². The van der Waals surface area contributed by atoms with Gasteiger partial charge in [0.1, 0.15) is 5.82 Å². The molecule has 2 aliphatic rings. The van der Waals surface area contributed by atoms with Crippen LogP contribution in [-0.2, 0) is 6.54 Å². The Bertz CT molecular complexity index is 421. The van der Waals surface area contributed by atoms with Crippen LogP contribution < -0.4 is 0 Å². The molecule has 0 spiro atoms. The summed E-state index contributed by atoms with van der Waals surface area (Å²) in [5.41, 5.74) is 1.09. The maximum atomic E-state index is 13.2. The molecule has 2 fully saturated rings. The van der Waals surface area contributed by atoms with Crippen LogP contribution in [0.3, 0.4) is 0 Å². The van der Waals surface area contributed by atoms with Gasteiger partial charge in [-0.1, -0.05) is 12.1 Å². The Morgan fingerprint density at radius 1 is 1.33 bits per heavy atom. The van der Waals surface area contributed by atoms with Gasteiger partial charge in [-0.3, -0.25) is 9.80 Å². The van der Waals surface area contributed by atoms with Gasteiger partial charge in [-0.25, -0.2) is 4.39 Å². The van der Waals surface area contributed by atoms with E-state index in [-0.39, 0.29) is 5.82 Å². The first kappa shape index (κ1) is 12.1. The summed E-state index contributed by atoms with van der Waals surface area (Å²) in [6.45, 7) is 6.73. The molecule has 0 bridgehead atoms. The fourth-order valence-electron chi connectivity index (χ4n) is 3.34. The van der Waals surface area contributed by atoms with Crippen LogP contribution in [0.4, 0.5) is 4.39 Å². The predicted molar refractivity (Wildman–Crippen MR) is 70.9 cm³/mol. The normalized spacial score (nSPS) is 29.4. The largest absolute Gasteiger partial charge is 0.298 e. The van der Waals surface area contributed by atoms with Crippen LogP contribution >= 0.6 is 0 Å². The minimum Gasteiger partial charge on any atom is -0.298 e. The number of hydrogen-bond acceptors (Lipinski definition) is 2. The van der Waals surface area contributed by atoms with Crippen LogP contribution in [0.15, 0.2) is 24.3 Å². The topological polar surface area (TPSA) is 6.48 Å². The zero-order chi connectivity index (χ0) is 12.5. The molecule has 0 radical (unpaired) electrons. The lowest BCUT2D eigenvalue weighted by atomic mass is 10.1. The maximum absolute atomic E-state index is 13.2. The quantitative estimate of drug-likeness (QED) is 0.793. The summed E-state index contributed by atoms with van der Waals surface area (Å²) >= 11 is 0. The maximum Gasteiger partial charge on any atom is 0.123 e. The molecule has 2 heterocycles. The fraction of sp³-hybridized carbons (Fsp3) is 0.600. The van der Waals surface area contributed by atoms with E-state index in [4.69, 9.17) is 0 Å². The molecule has 2 atom stereocenters. The van der Waals surface area contributed by atoms with Crippen molar-refractivity contribution in [3.8, 4) is 0 Å². The van der Waals surface area contributed by atoms with Crippen molar-refractivity contribution < 1.29 is 4.39 Å². The molecule has 0 N–H and O–H groups in total. The van der Waals surface area contributed by atoms with E-state index in [0.717, 1.165) is 24.7 Å². The summed E-state index contributed by atoms with van der Waals surface area (Å²) in [5, 5.41) is 0. The Hall–Kier alpha value is -0.930. The number of hydrogen-bond donors (Lipinski definition) is 0. The van der Waals surface area contributed by atoms with Gasteiger partial charge in [-0.15, -0.1) is 0 Å². The molecule has 3 heteroatoms. The number of piperazine rings is 1. The van der Waals surface area contributed by atoms with Crippen LogP contribution in [0, 0.1) is 5.82 Å². The molecule has 2 nitrogen and oxygen atoms in total. The Labute approximate surface area is 108 Å². The molecule has 0 amide bonds. The molecule has 0 saturated carbocycles. The van der Waals surface area contributed by atoms with Gasteiger partial charge in [0.15, 0.2) is 0 Å². The summed E-state index contributed by atoms with van der Waals surface area (Å²) in [7, 11) is 0. The zero-order valence-corrected chi connectivity index (χ0v) is 11.0. The SMILES string of the molecule is C[C@H]1CN2CCC[C@@H]2CN1Cc1cccc(F)c1. The molecule has 18 heavy (non-hydrogen) atoms. The average Bonchev–Trinajstić information content (AvgIpc) is 2.76. The lowest BCUT2D eigenvalue weighted by molar-refractivity contribution is 0.0540. The van der Waals surface area contributed by atoms with E-state index in [1.165, 1.54) is 32.0 Å². The third kappa shape index (κ3) is 2.43. The number of fused-ring (bicyclic) bond motifs is 1. The third-order valence-electron chi connectivity index (χ3n) is 4.34. The van der Waals surface area contributed by atoms with E-state index in [9.17, 15) is 4.39 Å². The third-order valence-corrected chi connectivity index (χ3v) is 4.34. The van der Waals surface area contributed by atoms with Crippen molar-refractivity contribution >= 4 is 0 Å². The van der Waals surface area contributed by atoms with Crippen LogP contribution in [0.5, 0.6) is 0 Å². The lowest BCUT2D eigenvalue weighted by Crippen LogP contribution is -2.54. The van der Waals surface area contributed by atoms with Crippen molar-refractivity contribution in [3.05, 3.63) is 35.6 Å². The second kappa shape index (κ2) is 4.98. The summed E-state index contributed by atoms with van der Waals surface area (Å²) in [6, 6.07) is 8.31. The van der Waals surface area contributed by atoms with Crippen molar-refractivity contribution in [1.29, 1.82) is 0 Å². The Morgan fingerprint density at radius 2 is 2.22 bits per heavy atom. The van der Waals surface area contributed by atoms with Crippen LogP contribution in [0.2, 0.25) is 0 Å². The van der Waals surface area contributed by atoms with Crippen molar-refractivity contribution in [1.82, 2.24) is 9.80 Å². The van der Waals surface area contributed by atoms with Gasteiger partial charge in [0.25, 0.3) is 0 Å². The van der Waals surface area contributed by atoms with E-state index in [1.54, 1.807) is 12.1 Å². The van der Waals surface area contributed by atoms with E-state index in [2.05, 4.69) is 16.7 Å². The molecular formula is C15H21FN2. The highest BCUT2D eigenvalue weighted by molar-refractivity contribution is 5.16. The van der Waals surface area contributed by atoms with Gasteiger partial charge in [0.2, 0.25) is 0 Å². The highest BCUT2D eigenvalue weighted by atomic mass is 19.1. The number of benzene rings is 1. The molecule has 1 aromatic rings. The van der Waals surface area contributed by atoms with Crippen molar-refractivity contribution in [2.75, 3.05) is 19.6 Å². The summed E-state index contributed by atoms with van der Waals surface area (Å²) in [6.07, 6.45) is 2.66. The molecule has 1 aromatic carbocycles. The van der Waals surface area contributed by atoms with Crippen molar-refractivity contribution in [2.24, 2.45) is 0 Å². The Kier molecular flexibility index (Phi) is 3.35. The molecule has 3 rings (SSSR count). The van der Waals surface area contributed by atoms with Crippen LogP contribution in [-0.4, -0.2) is 41.5 Å². The van der Waals surface area contributed by atoms with Gasteiger partial charge in [-0.05, 0) is 44.0 Å². The Balaban J connectivity index is 1.68. The van der Waals surface area contributed by atoms with E-state index >= 15 is 0 Å². The van der Waals surface area contributed by atoms with Gasteiger partial charge < -0.3 is 0 Å². The highest BCUT2D eigenvalue weighted by Gasteiger charge is 2.34. The highest BCUT2D eigenvalue weighted by Crippen LogP contribution is 2.25. The molecule has 2 saturated heterocycles. The zero-order valence-electron chi connectivity index (χ0n) is 11.0. The van der Waals surface area contributed by atoms with Gasteiger partial charge in [0, 0.05) is 31.7 Å². The summed E-state index contributed by atoms with van der Waals surface area (Å²) in [4.78, 5) is 5.12. The van der Waals surface area contributed by atoms with Crippen LogP contribution in [0.1, 0.15) is 25.3 Å². The summed E-state index contributed by atoms with van der Waals surface area (Å²) < 4.78 is 13.2. The number of rotatable bonds is 2. The Morgan fingerprint density at radius 3 is 3.06 bits per heavy atom. The van der Waals surface area contributed by atoms with E-state index in [1.807, 2.05) is 6.07 Å². The number of nitrogens with zero attached hydrogens (tertiary/aromatic N) is 2. The standard InChI is InChI=1S/C15H21FN2/c1-12-9-17-7-3-6-15(17)11-18(12)10-13-4-2-5-14(16)8-13/h2,4-5,8,12,15H,3,6-7,9-11H2,1H3/t12-,15+/m0/s1. The monoisotopic (exact) mass is 248 g/mol.